The topological polar surface area (TPSA) is 74.1 Å². The van der Waals surface area contributed by atoms with Gasteiger partial charge >= 0.3 is 0 Å². The Hall–Kier alpha value is -1.73. The molecule has 0 amide bonds. The largest absolute Gasteiger partial charge is 0.382 e. The number of hydrogen-bond donors (Lipinski definition) is 1. The van der Waals surface area contributed by atoms with Crippen LogP contribution in [0.25, 0.3) is 11.2 Å². The molecule has 2 aromatic rings. The summed E-state index contributed by atoms with van der Waals surface area (Å²) in [5.41, 5.74) is 1.63. The van der Waals surface area contributed by atoms with Crippen LogP contribution in [0.1, 0.15) is 13.0 Å². The third-order valence-corrected chi connectivity index (χ3v) is 3.96. The van der Waals surface area contributed by atoms with Gasteiger partial charge in [-0.1, -0.05) is 6.92 Å². The summed E-state index contributed by atoms with van der Waals surface area (Å²) in [4.78, 5) is 13.0. The van der Waals surface area contributed by atoms with E-state index in [2.05, 4.69) is 31.8 Å². The van der Waals surface area contributed by atoms with Crippen LogP contribution in [0.5, 0.6) is 0 Å². The molecule has 1 aliphatic heterocycles. The van der Waals surface area contributed by atoms with Crippen LogP contribution in [0.4, 0.5) is 5.82 Å². The number of nitrogens with zero attached hydrogens (tertiary/aromatic N) is 4. The molecule has 0 radical (unpaired) electrons. The molecule has 0 aliphatic carbocycles. The van der Waals surface area contributed by atoms with E-state index in [0.717, 1.165) is 17.0 Å². The van der Waals surface area contributed by atoms with Crippen LogP contribution in [0.2, 0.25) is 0 Å². The third kappa shape index (κ3) is 2.03. The van der Waals surface area contributed by atoms with Gasteiger partial charge in [-0.3, -0.25) is 0 Å². The van der Waals surface area contributed by atoms with E-state index in [1.54, 1.807) is 13.4 Å². The van der Waals surface area contributed by atoms with Crippen LogP contribution in [-0.2, 0) is 9.47 Å². The van der Waals surface area contributed by atoms with Crippen molar-refractivity contribution in [2.75, 3.05) is 32.7 Å². The summed E-state index contributed by atoms with van der Waals surface area (Å²) in [6.45, 7) is 3.44. The molecule has 3 atom stereocenters. The van der Waals surface area contributed by atoms with E-state index < -0.39 is 0 Å². The van der Waals surface area contributed by atoms with Crippen molar-refractivity contribution >= 4 is 17.0 Å². The molecule has 1 fully saturated rings. The van der Waals surface area contributed by atoms with Gasteiger partial charge in [0, 0.05) is 20.1 Å². The molecule has 1 saturated heterocycles. The minimum absolute atomic E-state index is 0.119. The maximum Gasteiger partial charge on any atom is 0.165 e. The molecule has 7 heteroatoms. The average Bonchev–Trinajstić information content (AvgIpc) is 3.04. The van der Waals surface area contributed by atoms with Gasteiger partial charge in [-0.2, -0.15) is 0 Å². The van der Waals surface area contributed by atoms with Crippen molar-refractivity contribution in [3.63, 3.8) is 0 Å². The summed E-state index contributed by atoms with van der Waals surface area (Å²) in [5.74, 6) is 1.09. The van der Waals surface area contributed by atoms with Gasteiger partial charge in [0.1, 0.15) is 11.8 Å². The molecule has 2 aromatic heterocycles. The van der Waals surface area contributed by atoms with Gasteiger partial charge < -0.3 is 19.4 Å². The normalized spacial score (nSPS) is 26.2. The SMILES string of the molecule is CNc1ncnc2c1ncn2C1CO[C@@H](COC)C1C. The summed E-state index contributed by atoms with van der Waals surface area (Å²) < 4.78 is 13.1. The predicted octanol–water partition coefficient (Wildman–Crippen LogP) is 1.09. The molecule has 2 unspecified atom stereocenters. The summed E-state index contributed by atoms with van der Waals surface area (Å²) >= 11 is 0. The minimum Gasteiger partial charge on any atom is -0.382 e. The Bertz CT molecular complexity index is 599. The predicted molar refractivity (Wildman–Crippen MR) is 74.7 cm³/mol. The van der Waals surface area contributed by atoms with Crippen molar-refractivity contribution in [1.29, 1.82) is 0 Å². The number of aromatic nitrogens is 4. The monoisotopic (exact) mass is 277 g/mol. The number of nitrogens with one attached hydrogen (secondary N) is 1. The second kappa shape index (κ2) is 5.34. The zero-order valence-electron chi connectivity index (χ0n) is 11.9. The zero-order valence-corrected chi connectivity index (χ0v) is 11.9. The molecule has 20 heavy (non-hydrogen) atoms. The number of imidazole rings is 1. The fourth-order valence-electron chi connectivity index (χ4n) is 2.75. The highest BCUT2D eigenvalue weighted by Crippen LogP contribution is 2.33. The maximum atomic E-state index is 5.81. The first-order chi connectivity index (χ1) is 9.76. The lowest BCUT2D eigenvalue weighted by atomic mass is 9.99. The van der Waals surface area contributed by atoms with Gasteiger partial charge in [0.25, 0.3) is 0 Å². The molecule has 0 saturated carbocycles. The van der Waals surface area contributed by atoms with E-state index in [9.17, 15) is 0 Å². The van der Waals surface area contributed by atoms with E-state index in [1.165, 1.54) is 0 Å². The fraction of sp³-hybridized carbons (Fsp3) is 0.615. The van der Waals surface area contributed by atoms with Crippen molar-refractivity contribution in [2.45, 2.75) is 19.1 Å². The molecule has 1 N–H and O–H groups in total. The third-order valence-electron chi connectivity index (χ3n) is 3.96. The van der Waals surface area contributed by atoms with E-state index in [0.29, 0.717) is 19.1 Å². The Morgan fingerprint density at radius 2 is 2.30 bits per heavy atom. The van der Waals surface area contributed by atoms with Crippen LogP contribution >= 0.6 is 0 Å². The molecular weight excluding hydrogens is 258 g/mol. The molecule has 0 spiro atoms. The van der Waals surface area contributed by atoms with Crippen LogP contribution in [0, 0.1) is 5.92 Å². The van der Waals surface area contributed by atoms with Crippen molar-refractivity contribution in [3.05, 3.63) is 12.7 Å². The second-order valence-corrected chi connectivity index (χ2v) is 5.05. The average molecular weight is 277 g/mol. The van der Waals surface area contributed by atoms with Crippen molar-refractivity contribution in [2.24, 2.45) is 5.92 Å². The van der Waals surface area contributed by atoms with Crippen LogP contribution in [0.15, 0.2) is 12.7 Å². The Kier molecular flexibility index (Phi) is 3.54. The summed E-state index contributed by atoms with van der Waals surface area (Å²) in [5, 5.41) is 3.04. The molecule has 3 heterocycles. The van der Waals surface area contributed by atoms with Crippen molar-refractivity contribution < 1.29 is 9.47 Å². The molecular formula is C13H19N5O2. The van der Waals surface area contributed by atoms with Gasteiger partial charge in [0.15, 0.2) is 11.5 Å². The van der Waals surface area contributed by atoms with Crippen molar-refractivity contribution in [1.82, 2.24) is 19.5 Å². The number of anilines is 1. The Labute approximate surface area is 117 Å². The van der Waals surface area contributed by atoms with E-state index in [4.69, 9.17) is 9.47 Å². The molecule has 1 aliphatic rings. The molecule has 3 rings (SSSR count). The number of ether oxygens (including phenoxy) is 2. The Morgan fingerprint density at radius 1 is 1.45 bits per heavy atom. The molecule has 0 bridgehead atoms. The van der Waals surface area contributed by atoms with Crippen LogP contribution < -0.4 is 5.32 Å². The fourth-order valence-corrected chi connectivity index (χ4v) is 2.75. The van der Waals surface area contributed by atoms with E-state index in [-0.39, 0.29) is 12.1 Å². The van der Waals surface area contributed by atoms with Crippen LogP contribution in [-0.4, -0.2) is 53.0 Å². The first kappa shape index (κ1) is 13.3. The highest BCUT2D eigenvalue weighted by molar-refractivity contribution is 5.82. The van der Waals surface area contributed by atoms with Gasteiger partial charge in [-0.15, -0.1) is 0 Å². The number of fused-ring (bicyclic) bond motifs is 1. The Morgan fingerprint density at radius 3 is 3.05 bits per heavy atom. The first-order valence-corrected chi connectivity index (χ1v) is 6.72. The van der Waals surface area contributed by atoms with Gasteiger partial charge in [-0.25, -0.2) is 15.0 Å². The van der Waals surface area contributed by atoms with Crippen LogP contribution in [0.3, 0.4) is 0 Å². The number of rotatable bonds is 4. The summed E-state index contributed by atoms with van der Waals surface area (Å²) in [6.07, 6.45) is 3.49. The Balaban J connectivity index is 1.95. The van der Waals surface area contributed by atoms with Gasteiger partial charge in [-0.05, 0) is 0 Å². The smallest absolute Gasteiger partial charge is 0.165 e. The maximum absolute atomic E-state index is 5.81. The van der Waals surface area contributed by atoms with E-state index in [1.807, 2.05) is 13.4 Å². The summed E-state index contributed by atoms with van der Waals surface area (Å²) in [7, 11) is 3.53. The quantitative estimate of drug-likeness (QED) is 0.901. The highest BCUT2D eigenvalue weighted by atomic mass is 16.5. The lowest BCUT2D eigenvalue weighted by Crippen LogP contribution is -2.23. The molecule has 108 valence electrons. The molecule has 0 aromatic carbocycles. The minimum atomic E-state index is 0.119. The zero-order chi connectivity index (χ0) is 14.1. The lowest BCUT2D eigenvalue weighted by molar-refractivity contribution is 0.0234. The summed E-state index contributed by atoms with van der Waals surface area (Å²) in [6, 6.07) is 0.222. The standard InChI is InChI=1S/C13H19N5O2/c1-8-9(4-20-10(8)5-19-3)18-7-17-11-12(14-2)15-6-16-13(11)18/h6-10H,4-5H2,1-3H3,(H,14,15,16)/t8?,9?,10-/m0/s1. The first-order valence-electron chi connectivity index (χ1n) is 6.72. The highest BCUT2D eigenvalue weighted by Gasteiger charge is 2.36. The number of methoxy groups -OCH3 is 1. The van der Waals surface area contributed by atoms with E-state index >= 15 is 0 Å². The lowest BCUT2D eigenvalue weighted by Gasteiger charge is -2.19. The van der Waals surface area contributed by atoms with Gasteiger partial charge in [0.2, 0.25) is 0 Å². The van der Waals surface area contributed by atoms with Crippen molar-refractivity contribution in [3.8, 4) is 0 Å². The second-order valence-electron chi connectivity index (χ2n) is 5.05. The number of hydrogen-bond acceptors (Lipinski definition) is 6. The van der Waals surface area contributed by atoms with Gasteiger partial charge in [0.05, 0.1) is 31.7 Å². The molecule has 7 nitrogen and oxygen atoms in total.